The summed E-state index contributed by atoms with van der Waals surface area (Å²) in [6.45, 7) is 4.93. The third-order valence-corrected chi connectivity index (χ3v) is 5.66. The van der Waals surface area contributed by atoms with Crippen molar-refractivity contribution in [3.05, 3.63) is 41.7 Å². The maximum atomic E-state index is 15.0. The van der Waals surface area contributed by atoms with Gasteiger partial charge in [-0.05, 0) is 64.5 Å². The molecule has 0 radical (unpaired) electrons. The predicted octanol–water partition coefficient (Wildman–Crippen LogP) is 4.71. The number of carbonyl (C=O) groups excluding carboxylic acids is 1. The molecule has 1 fully saturated rings. The van der Waals surface area contributed by atoms with E-state index in [9.17, 15) is 13.6 Å². The highest BCUT2D eigenvalue weighted by Crippen LogP contribution is 2.36. The zero-order chi connectivity index (χ0) is 23.0. The Morgan fingerprint density at radius 3 is 2.59 bits per heavy atom. The van der Waals surface area contributed by atoms with Gasteiger partial charge in [0, 0.05) is 17.4 Å². The average molecular weight is 446 g/mol. The quantitative estimate of drug-likeness (QED) is 0.595. The minimum Gasteiger partial charge on any atom is -0.485 e. The standard InChI is InChI=1S/C23H25F3N4O2/c1-12(2)32-21-17(25)11-16(24)19(20(21)26)14-4-5-18-15(10-14)22(29-28-18)27-23(31)13-6-8-30(3)9-7-13/h4-5,10-13H,6-9H2,1-3H3,(H2,27,28,29,31). The topological polar surface area (TPSA) is 70.2 Å². The van der Waals surface area contributed by atoms with Gasteiger partial charge in [-0.25, -0.2) is 13.2 Å². The molecule has 32 heavy (non-hydrogen) atoms. The van der Waals surface area contributed by atoms with Crippen LogP contribution < -0.4 is 10.1 Å². The highest BCUT2D eigenvalue weighted by atomic mass is 19.1. The van der Waals surface area contributed by atoms with Crippen molar-refractivity contribution in [2.75, 3.05) is 25.5 Å². The maximum absolute atomic E-state index is 15.0. The number of likely N-dealkylation sites (tertiary alicyclic amines) is 1. The van der Waals surface area contributed by atoms with Gasteiger partial charge in [-0.3, -0.25) is 9.89 Å². The number of ether oxygens (including phenoxy) is 1. The van der Waals surface area contributed by atoms with Crippen molar-refractivity contribution in [1.82, 2.24) is 15.1 Å². The van der Waals surface area contributed by atoms with Crippen molar-refractivity contribution in [3.63, 3.8) is 0 Å². The first-order chi connectivity index (χ1) is 15.2. The molecule has 2 heterocycles. The molecule has 1 aromatic heterocycles. The number of nitrogens with one attached hydrogen (secondary N) is 2. The van der Waals surface area contributed by atoms with E-state index in [2.05, 4.69) is 20.4 Å². The van der Waals surface area contributed by atoms with Crippen molar-refractivity contribution in [1.29, 1.82) is 0 Å². The van der Waals surface area contributed by atoms with Crippen molar-refractivity contribution >= 4 is 22.6 Å². The second-order valence-electron chi connectivity index (χ2n) is 8.42. The Kier molecular flexibility index (Phi) is 6.10. The fourth-order valence-corrected chi connectivity index (χ4v) is 3.93. The lowest BCUT2D eigenvalue weighted by atomic mass is 9.96. The number of nitrogens with zero attached hydrogens (tertiary/aromatic N) is 2. The minimum absolute atomic E-state index is 0.121. The number of piperidine rings is 1. The van der Waals surface area contributed by atoms with Crippen LogP contribution in [0.2, 0.25) is 0 Å². The lowest BCUT2D eigenvalue weighted by molar-refractivity contribution is -0.121. The van der Waals surface area contributed by atoms with Gasteiger partial charge in [0.1, 0.15) is 5.82 Å². The molecule has 1 amide bonds. The Hall–Kier alpha value is -3.07. The number of amides is 1. The molecule has 0 aliphatic carbocycles. The molecule has 2 N–H and O–H groups in total. The van der Waals surface area contributed by atoms with Gasteiger partial charge < -0.3 is 15.0 Å². The monoisotopic (exact) mass is 446 g/mol. The Morgan fingerprint density at radius 1 is 1.19 bits per heavy atom. The number of carbonyl (C=O) groups is 1. The van der Waals surface area contributed by atoms with Crippen molar-refractivity contribution in [3.8, 4) is 16.9 Å². The second-order valence-corrected chi connectivity index (χ2v) is 8.42. The number of fused-ring (bicyclic) bond motifs is 1. The number of rotatable bonds is 5. The largest absolute Gasteiger partial charge is 0.485 e. The summed E-state index contributed by atoms with van der Waals surface area (Å²) in [5, 5.41) is 10.3. The van der Waals surface area contributed by atoms with E-state index in [1.54, 1.807) is 19.9 Å². The summed E-state index contributed by atoms with van der Waals surface area (Å²) in [6, 6.07) is 5.23. The molecule has 0 bridgehead atoms. The van der Waals surface area contributed by atoms with E-state index in [0.29, 0.717) is 17.0 Å². The van der Waals surface area contributed by atoms with Crippen LogP contribution in [-0.2, 0) is 4.79 Å². The van der Waals surface area contributed by atoms with E-state index < -0.39 is 34.9 Å². The Labute approximate surface area is 183 Å². The third-order valence-electron chi connectivity index (χ3n) is 5.66. The molecule has 9 heteroatoms. The van der Waals surface area contributed by atoms with Gasteiger partial charge >= 0.3 is 0 Å². The van der Waals surface area contributed by atoms with Crippen LogP contribution in [0.1, 0.15) is 26.7 Å². The van der Waals surface area contributed by atoms with E-state index in [1.807, 2.05) is 7.05 Å². The van der Waals surface area contributed by atoms with Crippen LogP contribution in [0.15, 0.2) is 24.3 Å². The number of aromatic amines is 1. The lowest BCUT2D eigenvalue weighted by Gasteiger charge is -2.27. The fourth-order valence-electron chi connectivity index (χ4n) is 3.93. The molecular formula is C23H25F3N4O2. The number of hydrogen-bond donors (Lipinski definition) is 2. The summed E-state index contributed by atoms with van der Waals surface area (Å²) in [6.07, 6.45) is 1.01. The molecule has 0 unspecified atom stereocenters. The zero-order valence-electron chi connectivity index (χ0n) is 18.1. The molecule has 1 aliphatic rings. The van der Waals surface area contributed by atoms with Gasteiger partial charge in [0.15, 0.2) is 23.2 Å². The number of H-pyrrole nitrogens is 1. The summed E-state index contributed by atoms with van der Waals surface area (Å²) in [7, 11) is 2.02. The summed E-state index contributed by atoms with van der Waals surface area (Å²) in [5.74, 6) is -3.86. The van der Waals surface area contributed by atoms with E-state index in [0.717, 1.165) is 25.9 Å². The van der Waals surface area contributed by atoms with Gasteiger partial charge in [0.2, 0.25) is 5.91 Å². The Bertz CT molecular complexity index is 1150. The summed E-state index contributed by atoms with van der Waals surface area (Å²) in [4.78, 5) is 14.9. The third kappa shape index (κ3) is 4.29. The van der Waals surface area contributed by atoms with Gasteiger partial charge in [0.05, 0.1) is 17.2 Å². The zero-order valence-corrected chi connectivity index (χ0v) is 18.1. The summed E-state index contributed by atoms with van der Waals surface area (Å²) >= 11 is 0. The van der Waals surface area contributed by atoms with Crippen LogP contribution in [0.4, 0.5) is 19.0 Å². The normalized spacial score (nSPS) is 15.5. The van der Waals surface area contributed by atoms with E-state index in [1.165, 1.54) is 12.1 Å². The van der Waals surface area contributed by atoms with Crippen LogP contribution >= 0.6 is 0 Å². The summed E-state index contributed by atoms with van der Waals surface area (Å²) in [5.41, 5.74) is 0.365. The Balaban J connectivity index is 1.68. The van der Waals surface area contributed by atoms with Crippen LogP contribution in [0, 0.1) is 23.4 Å². The predicted molar refractivity (Wildman–Crippen MR) is 116 cm³/mol. The molecule has 0 spiro atoms. The molecule has 0 saturated carbocycles. The highest BCUT2D eigenvalue weighted by Gasteiger charge is 2.26. The molecule has 1 aliphatic heterocycles. The Morgan fingerprint density at radius 2 is 1.91 bits per heavy atom. The van der Waals surface area contributed by atoms with Gasteiger partial charge in [-0.2, -0.15) is 5.10 Å². The van der Waals surface area contributed by atoms with Crippen LogP contribution in [0.5, 0.6) is 5.75 Å². The minimum atomic E-state index is -1.11. The molecular weight excluding hydrogens is 421 g/mol. The second kappa shape index (κ2) is 8.82. The number of benzene rings is 2. The van der Waals surface area contributed by atoms with E-state index in [-0.39, 0.29) is 23.2 Å². The average Bonchev–Trinajstić information content (AvgIpc) is 3.13. The molecule has 2 aromatic carbocycles. The lowest BCUT2D eigenvalue weighted by Crippen LogP contribution is -2.36. The first-order valence-corrected chi connectivity index (χ1v) is 10.6. The number of halogens is 3. The molecule has 6 nitrogen and oxygen atoms in total. The molecule has 1 saturated heterocycles. The SMILES string of the molecule is CC(C)Oc1c(F)cc(F)c(-c2ccc3[nH]nc(NC(=O)C4CCN(C)CC4)c3c2)c1F. The highest BCUT2D eigenvalue weighted by molar-refractivity contribution is 6.01. The molecule has 4 rings (SSSR count). The van der Waals surface area contributed by atoms with Crippen molar-refractivity contribution < 1.29 is 22.7 Å². The van der Waals surface area contributed by atoms with Crippen LogP contribution in [0.25, 0.3) is 22.0 Å². The smallest absolute Gasteiger partial charge is 0.228 e. The first kappa shape index (κ1) is 22.1. The molecule has 170 valence electrons. The number of hydrogen-bond acceptors (Lipinski definition) is 4. The molecule has 3 aromatic rings. The van der Waals surface area contributed by atoms with Crippen LogP contribution in [-0.4, -0.2) is 47.2 Å². The van der Waals surface area contributed by atoms with E-state index in [4.69, 9.17) is 4.74 Å². The summed E-state index contributed by atoms with van der Waals surface area (Å²) < 4.78 is 49.0. The van der Waals surface area contributed by atoms with Crippen molar-refractivity contribution in [2.24, 2.45) is 5.92 Å². The van der Waals surface area contributed by atoms with Gasteiger partial charge in [0.25, 0.3) is 0 Å². The number of aromatic nitrogens is 2. The maximum Gasteiger partial charge on any atom is 0.228 e. The van der Waals surface area contributed by atoms with Crippen LogP contribution in [0.3, 0.4) is 0 Å². The van der Waals surface area contributed by atoms with E-state index >= 15 is 4.39 Å². The molecule has 0 atom stereocenters. The van der Waals surface area contributed by atoms with Gasteiger partial charge in [-0.15, -0.1) is 0 Å². The first-order valence-electron chi connectivity index (χ1n) is 10.6. The number of anilines is 1. The fraction of sp³-hybridized carbons (Fsp3) is 0.391. The van der Waals surface area contributed by atoms with Gasteiger partial charge in [-0.1, -0.05) is 6.07 Å². The van der Waals surface area contributed by atoms with Crippen molar-refractivity contribution in [2.45, 2.75) is 32.8 Å².